The molecule has 164 valence electrons. The molecule has 0 aromatic carbocycles. The van der Waals surface area contributed by atoms with E-state index in [0.717, 1.165) is 0 Å². The molecule has 0 radical (unpaired) electrons. The lowest BCUT2D eigenvalue weighted by atomic mass is 9.98. The van der Waals surface area contributed by atoms with E-state index in [4.69, 9.17) is 4.55 Å². The van der Waals surface area contributed by atoms with Gasteiger partial charge in [0.1, 0.15) is 0 Å². The largest absolute Gasteiger partial charge is 0.460 e. The normalized spacial score (nSPS) is 16.5. The molecule has 0 aliphatic carbocycles. The molecule has 0 saturated heterocycles. The van der Waals surface area contributed by atoms with Crippen LogP contribution in [0.15, 0.2) is 0 Å². The number of sulfonamides is 1. The highest BCUT2D eigenvalue weighted by Crippen LogP contribution is 2.60. The van der Waals surface area contributed by atoms with Crippen LogP contribution in [-0.4, -0.2) is 56.5 Å². The first-order valence-electron chi connectivity index (χ1n) is 5.17. The summed E-state index contributed by atoms with van der Waals surface area (Å²) in [4.78, 5) is 0. The van der Waals surface area contributed by atoms with Gasteiger partial charge in [0.25, 0.3) is 10.0 Å². The molecule has 0 bridgehead atoms. The van der Waals surface area contributed by atoms with E-state index in [0.29, 0.717) is 0 Å². The van der Waals surface area contributed by atoms with E-state index in [1.165, 1.54) is 0 Å². The van der Waals surface area contributed by atoms with Crippen LogP contribution in [0, 0.1) is 0 Å². The summed E-state index contributed by atoms with van der Waals surface area (Å²) in [5.41, 5.74) is 0. The SMILES string of the molecule is O=S(=O)(O)NS(=O)(=O)C(F)(F)C(F)(F)C(F)(F)C(F)(F)C(F)(F)C(F)(F)F. The third kappa shape index (κ3) is 3.77. The first kappa shape index (κ1) is 25.9. The first-order valence-corrected chi connectivity index (χ1v) is 8.09. The van der Waals surface area contributed by atoms with Gasteiger partial charge in [0.05, 0.1) is 0 Å². The molecule has 0 unspecified atom stereocenters. The minimum absolute atomic E-state index is 0.784. The van der Waals surface area contributed by atoms with Crippen LogP contribution >= 0.6 is 0 Å². The van der Waals surface area contributed by atoms with Crippen LogP contribution in [0.3, 0.4) is 0 Å². The number of hydrogen-bond donors (Lipinski definition) is 2. The van der Waals surface area contributed by atoms with Crippen LogP contribution in [-0.2, 0) is 20.3 Å². The van der Waals surface area contributed by atoms with E-state index in [9.17, 15) is 73.9 Å². The zero-order chi connectivity index (χ0) is 22.7. The number of hydrogen-bond acceptors (Lipinski definition) is 4. The van der Waals surface area contributed by atoms with E-state index in [-0.39, 0.29) is 0 Å². The minimum Gasteiger partial charge on any atom is -0.273 e. The highest BCUT2D eigenvalue weighted by molar-refractivity contribution is 8.02. The van der Waals surface area contributed by atoms with Gasteiger partial charge < -0.3 is 0 Å². The van der Waals surface area contributed by atoms with Crippen molar-refractivity contribution < 1.29 is 78.5 Å². The lowest BCUT2D eigenvalue weighted by molar-refractivity contribution is -0.433. The molecular formula is C6H2F13NO5S2. The summed E-state index contributed by atoms with van der Waals surface area (Å²) in [6.07, 6.45) is -7.70. The quantitative estimate of drug-likeness (QED) is 0.432. The molecule has 0 amide bonds. The number of nitrogens with one attached hydrogen (secondary N) is 1. The van der Waals surface area contributed by atoms with Crippen molar-refractivity contribution in [3.8, 4) is 0 Å². The van der Waals surface area contributed by atoms with Gasteiger partial charge in [0, 0.05) is 0 Å². The topological polar surface area (TPSA) is 101 Å². The molecule has 27 heavy (non-hydrogen) atoms. The smallest absolute Gasteiger partial charge is 0.273 e. The molecule has 6 nitrogen and oxygen atoms in total. The summed E-state index contributed by atoms with van der Waals surface area (Å²) < 4.78 is 213. The summed E-state index contributed by atoms with van der Waals surface area (Å²) in [6, 6.07) is 0. The zero-order valence-corrected chi connectivity index (χ0v) is 12.9. The first-order chi connectivity index (χ1) is 11.2. The van der Waals surface area contributed by atoms with Crippen molar-refractivity contribution >= 4 is 20.3 Å². The Hall–Kier alpha value is -1.09. The number of rotatable bonds is 7. The van der Waals surface area contributed by atoms with Gasteiger partial charge in [0.15, 0.2) is 0 Å². The van der Waals surface area contributed by atoms with E-state index in [2.05, 4.69) is 0 Å². The van der Waals surface area contributed by atoms with Crippen LogP contribution < -0.4 is 4.13 Å². The Morgan fingerprint density at radius 3 is 1.11 bits per heavy atom. The lowest BCUT2D eigenvalue weighted by Crippen LogP contribution is -2.71. The summed E-state index contributed by atoms with van der Waals surface area (Å²) in [7, 11) is -14.3. The molecule has 0 fully saturated rings. The Bertz CT molecular complexity index is 783. The average Bonchev–Trinajstić information content (AvgIpc) is 2.33. The van der Waals surface area contributed by atoms with E-state index in [1.54, 1.807) is 0 Å². The monoisotopic (exact) mass is 479 g/mol. The average molecular weight is 479 g/mol. The van der Waals surface area contributed by atoms with Crippen LogP contribution in [0.1, 0.15) is 0 Å². The van der Waals surface area contributed by atoms with Gasteiger partial charge >= 0.3 is 45.4 Å². The fourth-order valence-electron chi connectivity index (χ4n) is 1.11. The molecular weight excluding hydrogens is 477 g/mol. The molecule has 0 saturated carbocycles. The van der Waals surface area contributed by atoms with Crippen LogP contribution in [0.4, 0.5) is 57.1 Å². The maximum absolute atomic E-state index is 13.1. The maximum atomic E-state index is 13.1. The van der Waals surface area contributed by atoms with Crippen molar-refractivity contribution in [1.29, 1.82) is 0 Å². The van der Waals surface area contributed by atoms with Crippen molar-refractivity contribution in [3.63, 3.8) is 0 Å². The van der Waals surface area contributed by atoms with Gasteiger partial charge in [-0.25, -0.2) is 8.42 Å². The van der Waals surface area contributed by atoms with Gasteiger partial charge in [-0.1, -0.05) is 4.13 Å². The summed E-state index contributed by atoms with van der Waals surface area (Å²) in [5.74, 6) is -33.1. The Morgan fingerprint density at radius 1 is 0.556 bits per heavy atom. The number of alkyl halides is 13. The molecule has 0 heterocycles. The van der Waals surface area contributed by atoms with Crippen LogP contribution in [0.2, 0.25) is 0 Å². The second kappa shape index (κ2) is 6.20. The van der Waals surface area contributed by atoms with Gasteiger partial charge in [-0.2, -0.15) is 65.5 Å². The molecule has 21 heteroatoms. The molecule has 0 spiro atoms. The third-order valence-electron chi connectivity index (χ3n) is 2.46. The van der Waals surface area contributed by atoms with Gasteiger partial charge in [0.2, 0.25) is 0 Å². The number of halogens is 13. The standard InChI is InChI=1S/C6H2F13NO5S2/c7-1(8,3(11,12)5(15,16)17)2(9,10)4(13,14)6(18,19)26(21,22)20-27(23,24)25/h20H,(H,23,24,25). The Morgan fingerprint density at radius 2 is 0.852 bits per heavy atom. The third-order valence-corrected chi connectivity index (χ3v) is 5.11. The fourth-order valence-corrected chi connectivity index (χ4v) is 3.11. The highest BCUT2D eigenvalue weighted by Gasteiger charge is 2.92. The molecule has 0 aliphatic rings. The van der Waals surface area contributed by atoms with Crippen molar-refractivity contribution in [2.24, 2.45) is 0 Å². The summed E-state index contributed by atoms with van der Waals surface area (Å²) >= 11 is 0. The second-order valence-electron chi connectivity index (χ2n) is 4.37. The summed E-state index contributed by atoms with van der Waals surface area (Å²) in [6.45, 7) is 0. The molecule has 0 rings (SSSR count). The Kier molecular flexibility index (Phi) is 5.95. The van der Waals surface area contributed by atoms with E-state index >= 15 is 0 Å². The van der Waals surface area contributed by atoms with Gasteiger partial charge in [-0.05, 0) is 0 Å². The minimum atomic E-state index is -8.43. The molecule has 0 aromatic heterocycles. The van der Waals surface area contributed by atoms with Crippen molar-refractivity contribution in [2.45, 2.75) is 35.1 Å². The van der Waals surface area contributed by atoms with Gasteiger partial charge in [-0.15, -0.1) is 0 Å². The predicted molar refractivity (Wildman–Crippen MR) is 54.4 cm³/mol. The van der Waals surface area contributed by atoms with E-state index in [1.807, 2.05) is 0 Å². The van der Waals surface area contributed by atoms with Crippen molar-refractivity contribution in [1.82, 2.24) is 4.13 Å². The maximum Gasteiger partial charge on any atom is 0.460 e. The molecule has 0 aromatic rings. The second-order valence-corrected chi connectivity index (χ2v) is 7.51. The summed E-state index contributed by atoms with van der Waals surface area (Å²) in [5, 5.41) is -7.76. The fraction of sp³-hybridized carbons (Fsp3) is 1.00. The lowest BCUT2D eigenvalue weighted by Gasteiger charge is -2.39. The van der Waals surface area contributed by atoms with Crippen molar-refractivity contribution in [2.75, 3.05) is 0 Å². The Balaban J connectivity index is 6.65. The van der Waals surface area contributed by atoms with Crippen molar-refractivity contribution in [3.05, 3.63) is 0 Å². The van der Waals surface area contributed by atoms with E-state index < -0.39 is 59.6 Å². The predicted octanol–water partition coefficient (Wildman–Crippen LogP) is 2.40. The zero-order valence-electron chi connectivity index (χ0n) is 11.3. The highest BCUT2D eigenvalue weighted by atomic mass is 32.3. The van der Waals surface area contributed by atoms with Gasteiger partial charge in [-0.3, -0.25) is 4.55 Å². The van der Waals surface area contributed by atoms with Crippen LogP contribution in [0.5, 0.6) is 0 Å². The van der Waals surface area contributed by atoms with Crippen LogP contribution in [0.25, 0.3) is 0 Å². The molecule has 0 aliphatic heterocycles. The Labute approximate surface area is 139 Å². The molecule has 0 atom stereocenters. The molecule has 2 N–H and O–H groups in total.